The Morgan fingerprint density at radius 1 is 1.11 bits per heavy atom. The van der Waals surface area contributed by atoms with Crippen molar-refractivity contribution in [3.05, 3.63) is 34.9 Å². The van der Waals surface area contributed by atoms with Crippen LogP contribution in [-0.4, -0.2) is 49.6 Å². The third-order valence-corrected chi connectivity index (χ3v) is 4.60. The van der Waals surface area contributed by atoms with Crippen molar-refractivity contribution < 1.29 is 0 Å². The smallest absolute Gasteiger partial charge is 0.0424 e. The van der Waals surface area contributed by atoms with E-state index >= 15 is 0 Å². The normalized spacial score (nSPS) is 22.4. The largest absolute Gasteiger partial charge is 0.323 e. The number of aryl methyl sites for hydroxylation is 2. The van der Waals surface area contributed by atoms with E-state index in [1.54, 1.807) is 0 Å². The lowest BCUT2D eigenvalue weighted by Gasteiger charge is -2.34. The summed E-state index contributed by atoms with van der Waals surface area (Å²) < 4.78 is 0. The number of piperazine rings is 1. The van der Waals surface area contributed by atoms with Gasteiger partial charge in [-0.1, -0.05) is 18.2 Å². The Labute approximate surface area is 116 Å². The van der Waals surface area contributed by atoms with E-state index in [4.69, 9.17) is 5.73 Å². The number of nitrogens with zero attached hydrogens (tertiary/aromatic N) is 2. The van der Waals surface area contributed by atoms with Gasteiger partial charge in [0.15, 0.2) is 0 Å². The molecule has 0 radical (unpaired) electrons. The van der Waals surface area contributed by atoms with Crippen LogP contribution in [0, 0.1) is 0 Å². The molecular formula is C16H25N3. The van der Waals surface area contributed by atoms with Crippen molar-refractivity contribution in [2.45, 2.75) is 25.3 Å². The molecule has 1 aliphatic heterocycles. The summed E-state index contributed by atoms with van der Waals surface area (Å²) >= 11 is 0. The summed E-state index contributed by atoms with van der Waals surface area (Å²) in [6.45, 7) is 5.62. The van der Waals surface area contributed by atoms with E-state index in [0.29, 0.717) is 0 Å². The van der Waals surface area contributed by atoms with Crippen LogP contribution in [-0.2, 0) is 12.8 Å². The lowest BCUT2D eigenvalue weighted by atomic mass is 10.0. The molecule has 1 heterocycles. The maximum Gasteiger partial charge on any atom is 0.0424 e. The van der Waals surface area contributed by atoms with Crippen LogP contribution in [0.25, 0.3) is 0 Å². The fourth-order valence-electron chi connectivity index (χ4n) is 3.24. The Kier molecular flexibility index (Phi) is 3.87. The van der Waals surface area contributed by atoms with Crippen molar-refractivity contribution in [2.24, 2.45) is 5.73 Å². The number of likely N-dealkylation sites (N-methyl/N-ethyl adjacent to an activating group) is 1. The third kappa shape index (κ3) is 2.99. The molecule has 104 valence electrons. The molecule has 2 N–H and O–H groups in total. The second-order valence-corrected chi connectivity index (χ2v) is 6.09. The van der Waals surface area contributed by atoms with E-state index in [1.165, 1.54) is 36.0 Å². The zero-order valence-electron chi connectivity index (χ0n) is 11.9. The van der Waals surface area contributed by atoms with E-state index in [9.17, 15) is 0 Å². The lowest BCUT2D eigenvalue weighted by molar-refractivity contribution is 0.147. The zero-order valence-corrected chi connectivity index (χ0v) is 11.9. The summed E-state index contributed by atoms with van der Waals surface area (Å²) in [6, 6.07) is 7.05. The Morgan fingerprint density at radius 2 is 1.84 bits per heavy atom. The lowest BCUT2D eigenvalue weighted by Crippen LogP contribution is -2.46. The van der Waals surface area contributed by atoms with Gasteiger partial charge < -0.3 is 10.6 Å². The molecule has 1 unspecified atom stereocenters. The van der Waals surface area contributed by atoms with E-state index < -0.39 is 0 Å². The molecule has 1 aromatic carbocycles. The summed E-state index contributed by atoms with van der Waals surface area (Å²) in [5.74, 6) is 0. The maximum absolute atomic E-state index is 6.40. The Hall–Kier alpha value is -0.900. The van der Waals surface area contributed by atoms with Crippen LogP contribution in [0.1, 0.15) is 29.2 Å². The van der Waals surface area contributed by atoms with Crippen LogP contribution in [0.2, 0.25) is 0 Å². The summed E-state index contributed by atoms with van der Waals surface area (Å²) in [6.07, 6.45) is 3.81. The van der Waals surface area contributed by atoms with Gasteiger partial charge in [0.1, 0.15) is 0 Å². The van der Waals surface area contributed by atoms with Gasteiger partial charge in [0.2, 0.25) is 0 Å². The van der Waals surface area contributed by atoms with Gasteiger partial charge in [-0.25, -0.2) is 0 Å². The van der Waals surface area contributed by atoms with Crippen molar-refractivity contribution in [3.8, 4) is 0 Å². The second-order valence-electron chi connectivity index (χ2n) is 6.09. The molecule has 1 aromatic rings. The fraction of sp³-hybridized carbons (Fsp3) is 0.625. The van der Waals surface area contributed by atoms with E-state index in [1.807, 2.05) is 0 Å². The highest BCUT2D eigenvalue weighted by Crippen LogP contribution is 2.25. The van der Waals surface area contributed by atoms with Crippen LogP contribution in [0.5, 0.6) is 0 Å². The number of hydrogen-bond acceptors (Lipinski definition) is 3. The molecule has 2 aliphatic rings. The van der Waals surface area contributed by atoms with Crippen LogP contribution in [0.3, 0.4) is 0 Å². The van der Waals surface area contributed by atoms with Crippen molar-refractivity contribution in [2.75, 3.05) is 39.8 Å². The van der Waals surface area contributed by atoms with Crippen LogP contribution in [0.15, 0.2) is 18.2 Å². The molecule has 3 heteroatoms. The first-order valence-corrected chi connectivity index (χ1v) is 7.50. The highest BCUT2D eigenvalue weighted by atomic mass is 15.2. The van der Waals surface area contributed by atoms with Crippen molar-refractivity contribution in [3.63, 3.8) is 0 Å². The molecular weight excluding hydrogens is 234 g/mol. The number of rotatable bonds is 3. The summed E-state index contributed by atoms with van der Waals surface area (Å²) in [4.78, 5) is 4.88. The molecule has 0 spiro atoms. The van der Waals surface area contributed by atoms with E-state index in [2.05, 4.69) is 35.0 Å². The third-order valence-electron chi connectivity index (χ3n) is 4.60. The molecule has 0 bridgehead atoms. The standard InChI is InChI=1S/C16H25N3/c1-18-7-9-19(10-8-18)12-16(17)15-6-5-13-3-2-4-14(13)11-15/h5-6,11,16H,2-4,7-10,12,17H2,1H3. The van der Waals surface area contributed by atoms with Gasteiger partial charge in [-0.3, -0.25) is 4.90 Å². The summed E-state index contributed by atoms with van der Waals surface area (Å²) in [7, 11) is 2.19. The number of benzene rings is 1. The monoisotopic (exact) mass is 259 g/mol. The SMILES string of the molecule is CN1CCN(CC(N)c2ccc3c(c2)CCC3)CC1. The first-order chi connectivity index (χ1) is 9.22. The molecule has 3 nitrogen and oxygen atoms in total. The van der Waals surface area contributed by atoms with Crippen molar-refractivity contribution >= 4 is 0 Å². The molecule has 1 atom stereocenters. The average Bonchev–Trinajstić information content (AvgIpc) is 2.88. The Morgan fingerprint density at radius 3 is 2.63 bits per heavy atom. The number of fused-ring (bicyclic) bond motifs is 1. The average molecular weight is 259 g/mol. The molecule has 1 fully saturated rings. The summed E-state index contributed by atoms with van der Waals surface area (Å²) in [5.41, 5.74) is 10.8. The van der Waals surface area contributed by atoms with Gasteiger partial charge in [0.25, 0.3) is 0 Å². The van der Waals surface area contributed by atoms with Crippen molar-refractivity contribution in [1.82, 2.24) is 9.80 Å². The van der Waals surface area contributed by atoms with E-state index in [0.717, 1.165) is 32.7 Å². The van der Waals surface area contributed by atoms with Crippen LogP contribution >= 0.6 is 0 Å². The first-order valence-electron chi connectivity index (χ1n) is 7.50. The highest BCUT2D eigenvalue weighted by molar-refractivity contribution is 5.36. The zero-order chi connectivity index (χ0) is 13.2. The van der Waals surface area contributed by atoms with Crippen molar-refractivity contribution in [1.29, 1.82) is 0 Å². The number of hydrogen-bond donors (Lipinski definition) is 1. The molecule has 1 aliphatic carbocycles. The van der Waals surface area contributed by atoms with Crippen LogP contribution in [0.4, 0.5) is 0 Å². The second kappa shape index (κ2) is 5.61. The minimum absolute atomic E-state index is 0.161. The molecule has 19 heavy (non-hydrogen) atoms. The molecule has 0 amide bonds. The van der Waals surface area contributed by atoms with Gasteiger partial charge in [-0.2, -0.15) is 0 Å². The quantitative estimate of drug-likeness (QED) is 0.891. The van der Waals surface area contributed by atoms with Crippen LogP contribution < -0.4 is 5.73 Å². The molecule has 0 aromatic heterocycles. The fourth-order valence-corrected chi connectivity index (χ4v) is 3.24. The molecule has 3 rings (SSSR count). The van der Waals surface area contributed by atoms with Gasteiger partial charge in [0, 0.05) is 38.8 Å². The predicted octanol–water partition coefficient (Wildman–Crippen LogP) is 1.42. The Balaban J connectivity index is 1.62. The summed E-state index contributed by atoms with van der Waals surface area (Å²) in [5, 5.41) is 0. The molecule has 1 saturated heterocycles. The maximum atomic E-state index is 6.40. The van der Waals surface area contributed by atoms with Gasteiger partial charge in [-0.05, 0) is 43.0 Å². The molecule has 0 saturated carbocycles. The van der Waals surface area contributed by atoms with Gasteiger partial charge in [0.05, 0.1) is 0 Å². The predicted molar refractivity (Wildman–Crippen MR) is 79.3 cm³/mol. The van der Waals surface area contributed by atoms with E-state index in [-0.39, 0.29) is 6.04 Å². The first kappa shape index (κ1) is 13.1. The number of nitrogens with two attached hydrogens (primary N) is 1. The topological polar surface area (TPSA) is 32.5 Å². The Bertz CT molecular complexity index is 436. The van der Waals surface area contributed by atoms with Gasteiger partial charge >= 0.3 is 0 Å². The highest BCUT2D eigenvalue weighted by Gasteiger charge is 2.18. The minimum atomic E-state index is 0.161. The minimum Gasteiger partial charge on any atom is -0.323 e. The van der Waals surface area contributed by atoms with Gasteiger partial charge in [-0.15, -0.1) is 0 Å².